The Kier molecular flexibility index (Phi) is 52.5. The highest BCUT2D eigenvalue weighted by molar-refractivity contribution is 7.47. The zero-order valence-corrected chi connectivity index (χ0v) is 53.2. The average molecular weight is 1190 g/mol. The highest BCUT2D eigenvalue weighted by Crippen LogP contribution is 2.45. The zero-order chi connectivity index (χ0) is 59.4. The molecule has 17 nitrogen and oxygen atoms in total. The number of phosphoric ester groups is 2. The van der Waals surface area contributed by atoms with Crippen LogP contribution in [0.4, 0.5) is 0 Å². The number of esters is 4. The maximum Gasteiger partial charge on any atom is 0.472 e. The van der Waals surface area contributed by atoms with Crippen LogP contribution in [0.5, 0.6) is 0 Å². The van der Waals surface area contributed by atoms with E-state index in [1.165, 1.54) is 109 Å². The van der Waals surface area contributed by atoms with E-state index >= 15 is 0 Å². The molecule has 0 aliphatic carbocycles. The molecule has 474 valence electrons. The van der Waals surface area contributed by atoms with Crippen LogP contribution < -0.4 is 0 Å². The van der Waals surface area contributed by atoms with Crippen molar-refractivity contribution in [3.8, 4) is 0 Å². The van der Waals surface area contributed by atoms with Crippen LogP contribution in [-0.4, -0.2) is 96.7 Å². The van der Waals surface area contributed by atoms with Gasteiger partial charge < -0.3 is 33.8 Å². The van der Waals surface area contributed by atoms with Gasteiger partial charge in [-0.2, -0.15) is 0 Å². The van der Waals surface area contributed by atoms with Crippen molar-refractivity contribution < 1.29 is 80.2 Å². The Bertz CT molecular complexity index is 1580. The van der Waals surface area contributed by atoms with Gasteiger partial charge in [-0.25, -0.2) is 9.13 Å². The second-order valence-corrected chi connectivity index (χ2v) is 25.9. The number of ether oxygens (including phenoxy) is 4. The van der Waals surface area contributed by atoms with Gasteiger partial charge in [0.1, 0.15) is 19.3 Å². The summed E-state index contributed by atoms with van der Waals surface area (Å²) in [7, 11) is -9.88. The first-order chi connectivity index (χ1) is 38.4. The van der Waals surface area contributed by atoms with Crippen LogP contribution in [0.2, 0.25) is 0 Å². The van der Waals surface area contributed by atoms with E-state index in [-0.39, 0.29) is 25.7 Å². The van der Waals surface area contributed by atoms with Crippen LogP contribution in [0.1, 0.15) is 298 Å². The summed E-state index contributed by atoms with van der Waals surface area (Å²) in [5.74, 6) is -0.738. The van der Waals surface area contributed by atoms with Crippen molar-refractivity contribution in [1.29, 1.82) is 0 Å². The van der Waals surface area contributed by atoms with Crippen molar-refractivity contribution in [2.24, 2.45) is 11.8 Å². The fraction of sp³-hybridized carbons (Fsp3) is 0.934. The molecule has 80 heavy (non-hydrogen) atoms. The molecule has 0 fully saturated rings. The average Bonchev–Trinajstić information content (AvgIpc) is 3.41. The summed E-state index contributed by atoms with van der Waals surface area (Å²) in [5.41, 5.74) is 0. The Morgan fingerprint density at radius 1 is 0.338 bits per heavy atom. The van der Waals surface area contributed by atoms with Crippen molar-refractivity contribution in [1.82, 2.24) is 0 Å². The molecule has 0 aromatic rings. The van der Waals surface area contributed by atoms with Crippen LogP contribution in [-0.2, 0) is 65.4 Å². The minimum absolute atomic E-state index is 0.102. The Morgan fingerprint density at radius 3 is 0.850 bits per heavy atom. The topological polar surface area (TPSA) is 237 Å². The summed E-state index contributed by atoms with van der Waals surface area (Å²) in [6.07, 6.45) is 35.0. The van der Waals surface area contributed by atoms with Gasteiger partial charge in [0.25, 0.3) is 0 Å². The van der Waals surface area contributed by atoms with Gasteiger partial charge in [-0.1, -0.05) is 247 Å². The molecule has 2 unspecified atom stereocenters. The van der Waals surface area contributed by atoms with Gasteiger partial charge in [-0.15, -0.1) is 0 Å². The number of carbonyl (C=O) groups is 4. The van der Waals surface area contributed by atoms with Crippen LogP contribution >= 0.6 is 15.6 Å². The third kappa shape index (κ3) is 55.3. The predicted octanol–water partition coefficient (Wildman–Crippen LogP) is 16.5. The minimum Gasteiger partial charge on any atom is -0.462 e. The van der Waals surface area contributed by atoms with Gasteiger partial charge in [0, 0.05) is 25.7 Å². The lowest BCUT2D eigenvalue weighted by Crippen LogP contribution is -2.30. The van der Waals surface area contributed by atoms with Gasteiger partial charge in [-0.3, -0.25) is 37.3 Å². The Morgan fingerprint density at radius 2 is 0.575 bits per heavy atom. The standard InChI is InChI=1S/C61H118O17P2/c1-7-9-11-13-15-17-18-21-25-32-38-44-59(64)72-49-56(77-60(65)45-39-33-26-22-19-20-23-29-35-41-53(3)4)51-75-79(67,68)73-47-55(62)48-74-80(69,70)76-52-57(50-71-58(63)43-37-31-24-16-14-12-10-8-2)78-61(66)46-40-34-28-27-30-36-42-54(5)6/h53-57,62H,7-52H2,1-6H3,(H,67,68)(H,69,70)/t55-,56-,57-/m1/s1. The lowest BCUT2D eigenvalue weighted by Gasteiger charge is -2.21. The number of carbonyl (C=O) groups excluding carboxylic acids is 4. The molecule has 0 aromatic carbocycles. The van der Waals surface area contributed by atoms with Gasteiger partial charge in [0.2, 0.25) is 0 Å². The van der Waals surface area contributed by atoms with Crippen LogP contribution in [0.3, 0.4) is 0 Å². The number of hydrogen-bond donors (Lipinski definition) is 3. The van der Waals surface area contributed by atoms with Crippen molar-refractivity contribution in [2.75, 3.05) is 39.6 Å². The van der Waals surface area contributed by atoms with Crippen molar-refractivity contribution >= 4 is 39.5 Å². The fourth-order valence-corrected chi connectivity index (χ4v) is 10.6. The van der Waals surface area contributed by atoms with E-state index < -0.39 is 97.5 Å². The molecule has 0 aliphatic heterocycles. The van der Waals surface area contributed by atoms with E-state index in [2.05, 4.69) is 41.5 Å². The number of aliphatic hydroxyl groups is 1. The third-order valence-corrected chi connectivity index (χ3v) is 15.9. The second kappa shape index (κ2) is 53.8. The van der Waals surface area contributed by atoms with E-state index in [0.29, 0.717) is 31.6 Å². The Balaban J connectivity index is 5.23. The molecule has 0 amide bonds. The second-order valence-electron chi connectivity index (χ2n) is 23.0. The molecule has 0 rings (SSSR count). The molecule has 0 bridgehead atoms. The molecule has 0 saturated carbocycles. The maximum atomic E-state index is 12.9. The SMILES string of the molecule is CCCCCCCCCCCCCC(=O)OC[C@H](COP(=O)(O)OC[C@@H](O)COP(=O)(O)OC[C@@H](COC(=O)CCCCCCCCCC)OC(=O)CCCCCCCCC(C)C)OC(=O)CCCCCCCCCCCC(C)C. The molecule has 5 atom stereocenters. The summed E-state index contributed by atoms with van der Waals surface area (Å²) < 4.78 is 67.8. The molecule has 0 spiro atoms. The van der Waals surface area contributed by atoms with E-state index in [0.717, 1.165) is 102 Å². The summed E-state index contributed by atoms with van der Waals surface area (Å²) in [6, 6.07) is 0. The Hall–Kier alpha value is -1.94. The normalized spacial score (nSPS) is 14.4. The first-order valence-electron chi connectivity index (χ1n) is 32.0. The highest BCUT2D eigenvalue weighted by Gasteiger charge is 2.30. The van der Waals surface area contributed by atoms with Crippen molar-refractivity contribution in [3.63, 3.8) is 0 Å². The summed E-state index contributed by atoms with van der Waals surface area (Å²) in [5, 5.41) is 10.5. The van der Waals surface area contributed by atoms with Crippen LogP contribution in [0.25, 0.3) is 0 Å². The van der Waals surface area contributed by atoms with Gasteiger partial charge in [0.05, 0.1) is 26.4 Å². The fourth-order valence-electron chi connectivity index (χ4n) is 9.00. The monoisotopic (exact) mass is 1180 g/mol. The molecular weight excluding hydrogens is 1070 g/mol. The summed E-state index contributed by atoms with van der Waals surface area (Å²) in [4.78, 5) is 72.0. The predicted molar refractivity (Wildman–Crippen MR) is 317 cm³/mol. The molecule has 3 N–H and O–H groups in total. The van der Waals surface area contributed by atoms with E-state index in [1.807, 2.05) is 0 Å². The first kappa shape index (κ1) is 78.1. The minimum atomic E-state index is -4.94. The largest absolute Gasteiger partial charge is 0.472 e. The van der Waals surface area contributed by atoms with Gasteiger partial charge >= 0.3 is 39.5 Å². The quantitative estimate of drug-likeness (QED) is 0.0222. The van der Waals surface area contributed by atoms with Gasteiger partial charge in [-0.05, 0) is 37.5 Å². The Labute approximate surface area is 486 Å². The molecule has 19 heteroatoms. The zero-order valence-electron chi connectivity index (χ0n) is 51.4. The number of aliphatic hydroxyl groups excluding tert-OH is 1. The number of rotatable bonds is 60. The lowest BCUT2D eigenvalue weighted by atomic mass is 10.0. The van der Waals surface area contributed by atoms with Crippen LogP contribution in [0, 0.1) is 11.8 Å². The van der Waals surface area contributed by atoms with Crippen molar-refractivity contribution in [3.05, 3.63) is 0 Å². The van der Waals surface area contributed by atoms with Crippen molar-refractivity contribution in [2.45, 2.75) is 317 Å². The van der Waals surface area contributed by atoms with Gasteiger partial charge in [0.15, 0.2) is 12.2 Å². The highest BCUT2D eigenvalue weighted by atomic mass is 31.2. The van der Waals surface area contributed by atoms with E-state index in [4.69, 9.17) is 37.0 Å². The maximum absolute atomic E-state index is 12.9. The van der Waals surface area contributed by atoms with E-state index in [9.17, 15) is 43.2 Å². The smallest absolute Gasteiger partial charge is 0.462 e. The molecule has 0 heterocycles. The number of phosphoric acid groups is 2. The molecule has 0 radical (unpaired) electrons. The molecular formula is C61H118O17P2. The lowest BCUT2D eigenvalue weighted by molar-refractivity contribution is -0.161. The molecule has 0 saturated heterocycles. The number of unbranched alkanes of at least 4 members (excludes halogenated alkanes) is 30. The number of hydrogen-bond acceptors (Lipinski definition) is 15. The molecule has 0 aromatic heterocycles. The summed E-state index contributed by atoms with van der Waals surface area (Å²) in [6.45, 7) is 9.32. The first-order valence-corrected chi connectivity index (χ1v) is 35.0. The van der Waals surface area contributed by atoms with E-state index in [1.54, 1.807) is 0 Å². The van der Waals surface area contributed by atoms with Crippen LogP contribution in [0.15, 0.2) is 0 Å². The summed E-state index contributed by atoms with van der Waals surface area (Å²) >= 11 is 0. The molecule has 0 aliphatic rings. The third-order valence-electron chi connectivity index (χ3n) is 14.0.